The Morgan fingerprint density at radius 2 is 1.65 bits per heavy atom. The Morgan fingerprint density at radius 3 is 2.30 bits per heavy atom. The van der Waals surface area contributed by atoms with Crippen LogP contribution >= 0.6 is 0 Å². The maximum atomic E-state index is 11.0. The highest BCUT2D eigenvalue weighted by atomic mass is 16.6. The lowest BCUT2D eigenvalue weighted by Crippen LogP contribution is -2.02. The monoisotopic (exact) mass is 272 g/mol. The summed E-state index contributed by atoms with van der Waals surface area (Å²) >= 11 is 0. The highest BCUT2D eigenvalue weighted by Gasteiger charge is 2.20. The molecule has 1 atom stereocenters. The van der Waals surface area contributed by atoms with Crippen LogP contribution in [0.3, 0.4) is 0 Å². The standard InChI is InChI=1S/C14H12N2O4/c1-10(11-5-4-6-12(9-11)15(17)18)13-7-2-3-8-14(13)16(19)20/h2-10H,1H3. The first-order valence-corrected chi connectivity index (χ1v) is 5.98. The third-order valence-electron chi connectivity index (χ3n) is 3.18. The third-order valence-corrected chi connectivity index (χ3v) is 3.18. The lowest BCUT2D eigenvalue weighted by Gasteiger charge is -2.12. The second-order valence-corrected chi connectivity index (χ2v) is 4.39. The Morgan fingerprint density at radius 1 is 0.950 bits per heavy atom. The zero-order valence-electron chi connectivity index (χ0n) is 10.7. The zero-order chi connectivity index (χ0) is 14.7. The molecule has 0 amide bonds. The molecule has 2 rings (SSSR count). The predicted molar refractivity (Wildman–Crippen MR) is 73.7 cm³/mol. The molecule has 0 aliphatic heterocycles. The first-order chi connectivity index (χ1) is 9.50. The fourth-order valence-electron chi connectivity index (χ4n) is 2.11. The van der Waals surface area contributed by atoms with E-state index >= 15 is 0 Å². The number of para-hydroxylation sites is 1. The minimum atomic E-state index is -0.477. The summed E-state index contributed by atoms with van der Waals surface area (Å²) in [5.41, 5.74) is 1.21. The van der Waals surface area contributed by atoms with Gasteiger partial charge in [0.1, 0.15) is 0 Å². The van der Waals surface area contributed by atoms with Crippen LogP contribution in [0.4, 0.5) is 11.4 Å². The van der Waals surface area contributed by atoms with E-state index in [0.717, 1.165) is 0 Å². The molecule has 0 N–H and O–H groups in total. The van der Waals surface area contributed by atoms with Crippen molar-refractivity contribution in [2.45, 2.75) is 12.8 Å². The van der Waals surface area contributed by atoms with E-state index in [-0.39, 0.29) is 17.3 Å². The molecule has 1 unspecified atom stereocenters. The largest absolute Gasteiger partial charge is 0.273 e. The molecule has 0 saturated carbocycles. The minimum Gasteiger partial charge on any atom is -0.258 e. The first-order valence-electron chi connectivity index (χ1n) is 5.98. The fourth-order valence-corrected chi connectivity index (χ4v) is 2.11. The van der Waals surface area contributed by atoms with Gasteiger partial charge in [0.15, 0.2) is 0 Å². The SMILES string of the molecule is CC(c1cccc([N+](=O)[O-])c1)c1ccccc1[N+](=O)[O-]. The van der Waals surface area contributed by atoms with Crippen LogP contribution in [-0.2, 0) is 0 Å². The molecule has 6 nitrogen and oxygen atoms in total. The van der Waals surface area contributed by atoms with Gasteiger partial charge in [0.25, 0.3) is 11.4 Å². The van der Waals surface area contributed by atoms with Crippen molar-refractivity contribution in [1.29, 1.82) is 0 Å². The lowest BCUT2D eigenvalue weighted by atomic mass is 9.91. The molecule has 0 aliphatic carbocycles. The molecule has 2 aromatic rings. The molecule has 102 valence electrons. The van der Waals surface area contributed by atoms with Crippen molar-refractivity contribution in [3.8, 4) is 0 Å². The highest BCUT2D eigenvalue weighted by molar-refractivity contribution is 5.48. The summed E-state index contributed by atoms with van der Waals surface area (Å²) in [6, 6.07) is 12.6. The van der Waals surface area contributed by atoms with Crippen LogP contribution < -0.4 is 0 Å². The van der Waals surface area contributed by atoms with E-state index in [0.29, 0.717) is 11.1 Å². The molecule has 6 heteroatoms. The van der Waals surface area contributed by atoms with Crippen molar-refractivity contribution in [2.24, 2.45) is 0 Å². The molecule has 0 bridgehead atoms. The van der Waals surface area contributed by atoms with Gasteiger partial charge in [0.05, 0.1) is 9.85 Å². The lowest BCUT2D eigenvalue weighted by molar-refractivity contribution is -0.385. The molecular weight excluding hydrogens is 260 g/mol. The summed E-state index contributed by atoms with van der Waals surface area (Å²) in [5, 5.41) is 21.8. The van der Waals surface area contributed by atoms with E-state index in [4.69, 9.17) is 0 Å². The number of benzene rings is 2. The van der Waals surface area contributed by atoms with E-state index < -0.39 is 9.85 Å². The second-order valence-electron chi connectivity index (χ2n) is 4.39. The Kier molecular flexibility index (Phi) is 3.74. The van der Waals surface area contributed by atoms with Crippen LogP contribution in [0.1, 0.15) is 24.0 Å². The summed E-state index contributed by atoms with van der Waals surface area (Å²) in [5.74, 6) is -0.295. The molecule has 0 heterocycles. The van der Waals surface area contributed by atoms with Crippen molar-refractivity contribution < 1.29 is 9.85 Å². The summed E-state index contributed by atoms with van der Waals surface area (Å²) in [6.45, 7) is 1.79. The van der Waals surface area contributed by atoms with E-state index in [1.807, 2.05) is 0 Å². The average Bonchev–Trinajstić information content (AvgIpc) is 2.46. The van der Waals surface area contributed by atoms with Crippen LogP contribution in [0.2, 0.25) is 0 Å². The van der Waals surface area contributed by atoms with Gasteiger partial charge >= 0.3 is 0 Å². The Balaban J connectivity index is 2.46. The van der Waals surface area contributed by atoms with Crippen LogP contribution in [0.15, 0.2) is 48.5 Å². The first kappa shape index (κ1) is 13.7. The van der Waals surface area contributed by atoms with E-state index in [1.165, 1.54) is 18.2 Å². The molecule has 0 radical (unpaired) electrons. The molecule has 0 aromatic heterocycles. The van der Waals surface area contributed by atoms with Gasteiger partial charge in [-0.05, 0) is 5.56 Å². The van der Waals surface area contributed by atoms with Crippen molar-refractivity contribution in [3.05, 3.63) is 79.9 Å². The highest BCUT2D eigenvalue weighted by Crippen LogP contribution is 2.32. The molecular formula is C14H12N2O4. The molecule has 0 saturated heterocycles. The normalized spacial score (nSPS) is 11.8. The summed E-state index contributed by atoms with van der Waals surface area (Å²) in [6.07, 6.45) is 0. The van der Waals surface area contributed by atoms with E-state index in [1.54, 1.807) is 37.3 Å². The number of nitro groups is 2. The van der Waals surface area contributed by atoms with E-state index in [2.05, 4.69) is 0 Å². The Hall–Kier alpha value is -2.76. The van der Waals surface area contributed by atoms with Gasteiger partial charge in [0, 0.05) is 29.7 Å². The van der Waals surface area contributed by atoms with Gasteiger partial charge in [-0.1, -0.05) is 37.3 Å². The van der Waals surface area contributed by atoms with Crippen LogP contribution in [0, 0.1) is 20.2 Å². The van der Waals surface area contributed by atoms with Crippen LogP contribution in [0.25, 0.3) is 0 Å². The van der Waals surface area contributed by atoms with Gasteiger partial charge in [-0.2, -0.15) is 0 Å². The van der Waals surface area contributed by atoms with Crippen molar-refractivity contribution >= 4 is 11.4 Å². The van der Waals surface area contributed by atoms with Gasteiger partial charge < -0.3 is 0 Å². The summed E-state index contributed by atoms with van der Waals surface area (Å²) in [4.78, 5) is 20.9. The van der Waals surface area contributed by atoms with Gasteiger partial charge in [0.2, 0.25) is 0 Å². The maximum Gasteiger partial charge on any atom is 0.273 e. The van der Waals surface area contributed by atoms with Crippen LogP contribution in [0.5, 0.6) is 0 Å². The molecule has 2 aromatic carbocycles. The van der Waals surface area contributed by atoms with E-state index in [9.17, 15) is 20.2 Å². The van der Waals surface area contributed by atoms with Gasteiger partial charge in [-0.25, -0.2) is 0 Å². The number of rotatable bonds is 4. The topological polar surface area (TPSA) is 86.3 Å². The number of hydrogen-bond acceptors (Lipinski definition) is 4. The third kappa shape index (κ3) is 2.64. The summed E-state index contributed by atoms with van der Waals surface area (Å²) in [7, 11) is 0. The van der Waals surface area contributed by atoms with Crippen molar-refractivity contribution in [3.63, 3.8) is 0 Å². The Labute approximate surface area is 115 Å². The number of non-ortho nitro benzene ring substituents is 1. The zero-order valence-corrected chi connectivity index (χ0v) is 10.7. The fraction of sp³-hybridized carbons (Fsp3) is 0.143. The van der Waals surface area contributed by atoms with Gasteiger partial charge in [-0.3, -0.25) is 20.2 Å². The maximum absolute atomic E-state index is 11.0. The predicted octanol–water partition coefficient (Wildman–Crippen LogP) is 3.65. The van der Waals surface area contributed by atoms with Gasteiger partial charge in [-0.15, -0.1) is 0 Å². The van der Waals surface area contributed by atoms with Crippen molar-refractivity contribution in [2.75, 3.05) is 0 Å². The smallest absolute Gasteiger partial charge is 0.258 e. The quantitative estimate of drug-likeness (QED) is 0.627. The van der Waals surface area contributed by atoms with Crippen LogP contribution in [-0.4, -0.2) is 9.85 Å². The molecule has 20 heavy (non-hydrogen) atoms. The number of hydrogen-bond donors (Lipinski definition) is 0. The molecule has 0 spiro atoms. The number of nitro benzene ring substituents is 2. The second kappa shape index (κ2) is 5.48. The minimum absolute atomic E-state index is 0.0199. The Bertz CT molecular complexity index is 670. The average molecular weight is 272 g/mol. The molecule has 0 fully saturated rings. The molecule has 0 aliphatic rings. The summed E-state index contributed by atoms with van der Waals surface area (Å²) < 4.78 is 0. The van der Waals surface area contributed by atoms with Crippen molar-refractivity contribution in [1.82, 2.24) is 0 Å². The number of nitrogens with zero attached hydrogens (tertiary/aromatic N) is 2.